The second-order valence-electron chi connectivity index (χ2n) is 1.75. The van der Waals surface area contributed by atoms with Gasteiger partial charge in [-0.2, -0.15) is 0 Å². The molecule has 0 aromatic heterocycles. The van der Waals surface area contributed by atoms with Crippen LogP contribution in [0.2, 0.25) is 0 Å². The molecule has 0 bridgehead atoms. The van der Waals surface area contributed by atoms with Crippen LogP contribution in [0.15, 0.2) is 29.4 Å². The number of rotatable bonds is 2. The van der Waals surface area contributed by atoms with Crippen molar-refractivity contribution in [1.29, 1.82) is 0 Å². The van der Waals surface area contributed by atoms with E-state index in [2.05, 4.69) is 10.6 Å². The van der Waals surface area contributed by atoms with Crippen LogP contribution in [0.25, 0.3) is 0 Å². The Morgan fingerprint density at radius 2 is 2.00 bits per heavy atom. The van der Waals surface area contributed by atoms with E-state index in [1.165, 1.54) is 0 Å². The second-order valence-corrected chi connectivity index (χ2v) is 1.75. The summed E-state index contributed by atoms with van der Waals surface area (Å²) in [6.07, 6.45) is 0. The molecule has 5 heteroatoms. The fourth-order valence-electron chi connectivity index (χ4n) is 0.675. The van der Waals surface area contributed by atoms with E-state index in [-0.39, 0.29) is 17.4 Å². The highest BCUT2D eigenvalue weighted by atomic mass is 27.0. The van der Waals surface area contributed by atoms with Crippen molar-refractivity contribution in [2.24, 2.45) is 11.0 Å². The van der Waals surface area contributed by atoms with Crippen LogP contribution in [0.1, 0.15) is 0 Å². The lowest BCUT2D eigenvalue weighted by molar-refractivity contribution is 1.33. The van der Waals surface area contributed by atoms with Crippen molar-refractivity contribution in [3.05, 3.63) is 29.2 Å². The third-order valence-corrected chi connectivity index (χ3v) is 1.16. The molecule has 0 aliphatic carbocycles. The molecule has 4 nitrogen and oxygen atoms in total. The van der Waals surface area contributed by atoms with Gasteiger partial charge in [0.2, 0.25) is 0 Å². The predicted octanol–water partition coefficient (Wildman–Crippen LogP) is 0.186. The number of nitrogens with two attached hydrogens (primary N) is 1. The first-order valence-electron chi connectivity index (χ1n) is 2.77. The Balaban J connectivity index is 0.000001000. The Labute approximate surface area is 74.9 Å². The lowest BCUT2D eigenvalue weighted by atomic mass is 10.3. The Kier molecular flexibility index (Phi) is 4.46. The maximum absolute atomic E-state index is 10.0. The molecule has 0 radical (unpaired) electrons. The third-order valence-electron chi connectivity index (χ3n) is 1.16. The van der Waals surface area contributed by atoms with Crippen LogP contribution in [0.4, 0.5) is 11.4 Å². The third kappa shape index (κ3) is 2.31. The van der Waals surface area contributed by atoms with Crippen molar-refractivity contribution < 1.29 is 0 Å². The average molecular weight is 167 g/mol. The van der Waals surface area contributed by atoms with Crippen molar-refractivity contribution >= 4 is 28.7 Å². The van der Waals surface area contributed by atoms with Gasteiger partial charge in [0.15, 0.2) is 17.4 Å². The highest BCUT2D eigenvalue weighted by Crippen LogP contribution is 2.21. The Hall–Kier alpha value is -0.888. The van der Waals surface area contributed by atoms with Gasteiger partial charge in [-0.1, -0.05) is 12.1 Å². The smallest absolute Gasteiger partial charge is 0.187 e. The Morgan fingerprint density at radius 1 is 1.36 bits per heavy atom. The largest absolute Gasteiger partial charge is 0.322 e. The van der Waals surface area contributed by atoms with Crippen LogP contribution in [0, 0.1) is 4.91 Å². The summed E-state index contributed by atoms with van der Waals surface area (Å²) in [5.74, 6) is 5.08. The number of anilines is 1. The zero-order chi connectivity index (χ0) is 7.40. The standard InChI is InChI=1S/C6H7N3O.Al.3H/c7-8-5-3-1-2-4-6(5)9-10;;;;/h1-4,8H,7H2;;;;. The summed E-state index contributed by atoms with van der Waals surface area (Å²) in [5.41, 5.74) is 3.22. The molecule has 0 amide bonds. The molecule has 0 unspecified atom stereocenters. The van der Waals surface area contributed by atoms with Crippen molar-refractivity contribution in [3.63, 3.8) is 0 Å². The molecule has 0 aliphatic heterocycles. The van der Waals surface area contributed by atoms with Crippen LogP contribution in [-0.2, 0) is 0 Å². The van der Waals surface area contributed by atoms with Gasteiger partial charge >= 0.3 is 0 Å². The number of nitroso groups, excluding NO2 is 1. The summed E-state index contributed by atoms with van der Waals surface area (Å²) >= 11 is 0. The van der Waals surface area contributed by atoms with Gasteiger partial charge in [0.1, 0.15) is 5.69 Å². The maximum Gasteiger partial charge on any atom is 0.187 e. The molecule has 0 fully saturated rings. The van der Waals surface area contributed by atoms with E-state index < -0.39 is 0 Å². The normalized spacial score (nSPS) is 8.09. The van der Waals surface area contributed by atoms with Crippen LogP contribution in [0.5, 0.6) is 0 Å². The summed E-state index contributed by atoms with van der Waals surface area (Å²) in [6.45, 7) is 0. The molecule has 0 saturated heterocycles. The van der Waals surface area contributed by atoms with E-state index in [1.54, 1.807) is 24.3 Å². The van der Waals surface area contributed by atoms with E-state index in [0.717, 1.165) is 0 Å². The lowest BCUT2D eigenvalue weighted by Crippen LogP contribution is -2.06. The summed E-state index contributed by atoms with van der Waals surface area (Å²) in [5, 5.41) is 2.75. The summed E-state index contributed by atoms with van der Waals surface area (Å²) < 4.78 is 0. The van der Waals surface area contributed by atoms with Crippen molar-refractivity contribution in [1.82, 2.24) is 0 Å². The van der Waals surface area contributed by atoms with Gasteiger partial charge in [-0.05, 0) is 17.3 Å². The SMILES string of the molecule is NNc1ccccc1N=O.[AlH3]. The van der Waals surface area contributed by atoms with E-state index in [4.69, 9.17) is 5.84 Å². The number of hydrogen-bond acceptors (Lipinski definition) is 4. The van der Waals surface area contributed by atoms with Crippen molar-refractivity contribution in [2.45, 2.75) is 0 Å². The van der Waals surface area contributed by atoms with E-state index in [1.807, 2.05) is 0 Å². The zero-order valence-corrected chi connectivity index (χ0v) is 5.24. The zero-order valence-electron chi connectivity index (χ0n) is 5.24. The number of nitrogens with zero attached hydrogens (tertiary/aromatic N) is 1. The van der Waals surface area contributed by atoms with Gasteiger partial charge < -0.3 is 5.43 Å². The number of para-hydroxylation sites is 1. The van der Waals surface area contributed by atoms with Gasteiger partial charge in [-0.3, -0.25) is 5.84 Å². The minimum absolute atomic E-state index is 0. The number of benzene rings is 1. The molecular weight excluding hydrogens is 157 g/mol. The van der Waals surface area contributed by atoms with Gasteiger partial charge in [0.05, 0.1) is 5.69 Å². The lowest BCUT2D eigenvalue weighted by Gasteiger charge is -1.98. The first-order valence-corrected chi connectivity index (χ1v) is 2.77. The first-order chi connectivity index (χ1) is 4.88. The van der Waals surface area contributed by atoms with Crippen LogP contribution in [0.3, 0.4) is 0 Å². The minimum Gasteiger partial charge on any atom is -0.322 e. The molecule has 0 spiro atoms. The van der Waals surface area contributed by atoms with Crippen LogP contribution >= 0.6 is 0 Å². The number of nitrogen functional groups attached to an aromatic ring is 1. The maximum atomic E-state index is 10.0. The van der Waals surface area contributed by atoms with Crippen LogP contribution in [-0.4, -0.2) is 17.4 Å². The highest BCUT2D eigenvalue weighted by Gasteiger charge is 1.96. The Bertz CT molecular complexity index is 241. The van der Waals surface area contributed by atoms with E-state index in [0.29, 0.717) is 11.4 Å². The highest BCUT2D eigenvalue weighted by molar-refractivity contribution is 5.75. The second kappa shape index (κ2) is 4.86. The molecule has 11 heavy (non-hydrogen) atoms. The Morgan fingerprint density at radius 3 is 2.45 bits per heavy atom. The predicted molar refractivity (Wildman–Crippen MR) is 49.6 cm³/mol. The molecule has 1 aromatic carbocycles. The molecule has 0 saturated carbocycles. The molecule has 0 aliphatic rings. The van der Waals surface area contributed by atoms with Gasteiger partial charge in [0, 0.05) is 0 Å². The minimum atomic E-state index is 0. The van der Waals surface area contributed by atoms with E-state index >= 15 is 0 Å². The van der Waals surface area contributed by atoms with Gasteiger partial charge in [-0.15, -0.1) is 4.91 Å². The molecule has 58 valence electrons. The summed E-state index contributed by atoms with van der Waals surface area (Å²) in [7, 11) is 0. The van der Waals surface area contributed by atoms with Crippen molar-refractivity contribution in [2.75, 3.05) is 5.43 Å². The number of hydrazine groups is 1. The molecule has 3 N–H and O–H groups in total. The molecular formula is C6H10AlN3O. The first kappa shape index (κ1) is 10.1. The van der Waals surface area contributed by atoms with Crippen LogP contribution < -0.4 is 11.3 Å². The van der Waals surface area contributed by atoms with Gasteiger partial charge in [-0.25, -0.2) is 0 Å². The molecule has 0 heterocycles. The monoisotopic (exact) mass is 167 g/mol. The van der Waals surface area contributed by atoms with Crippen molar-refractivity contribution in [3.8, 4) is 0 Å². The number of nitrogens with one attached hydrogen (secondary N) is 1. The average Bonchev–Trinajstić information content (AvgIpc) is 2.04. The van der Waals surface area contributed by atoms with E-state index in [9.17, 15) is 4.91 Å². The topological polar surface area (TPSA) is 67.5 Å². The fraction of sp³-hybridized carbons (Fsp3) is 0. The fourth-order valence-corrected chi connectivity index (χ4v) is 0.675. The summed E-state index contributed by atoms with van der Waals surface area (Å²) in [4.78, 5) is 10.0. The molecule has 1 aromatic rings. The summed E-state index contributed by atoms with van der Waals surface area (Å²) in [6, 6.07) is 6.75. The molecule has 1 rings (SSSR count). The van der Waals surface area contributed by atoms with Gasteiger partial charge in [0.25, 0.3) is 0 Å². The molecule has 0 atom stereocenters. The number of hydrogen-bond donors (Lipinski definition) is 2. The quantitative estimate of drug-likeness (QED) is 0.286.